The first-order chi connectivity index (χ1) is 8.19. The van der Waals surface area contributed by atoms with Crippen molar-refractivity contribution in [3.05, 3.63) is 57.5 Å². The van der Waals surface area contributed by atoms with Crippen LogP contribution in [-0.2, 0) is 0 Å². The van der Waals surface area contributed by atoms with Gasteiger partial charge in [-0.2, -0.15) is 5.26 Å². The molecule has 0 bridgehead atoms. The summed E-state index contributed by atoms with van der Waals surface area (Å²) in [6, 6.07) is 15.4. The van der Waals surface area contributed by atoms with Gasteiger partial charge in [-0.1, -0.05) is 39.3 Å². The number of hydrogen-bond donors (Lipinski definition) is 0. The molecule has 2 aromatic carbocycles. The summed E-state index contributed by atoms with van der Waals surface area (Å²) in [7, 11) is 0. The van der Waals surface area contributed by atoms with Crippen molar-refractivity contribution in [3.63, 3.8) is 0 Å². The standard InChI is InChI=1S/C13H7BrClNS/c14-10-1-6-13(9(7-10)8-16)17-12-4-2-11(15)3-5-12/h1-7H. The number of benzene rings is 2. The van der Waals surface area contributed by atoms with Crippen LogP contribution in [0.4, 0.5) is 0 Å². The fourth-order valence-electron chi connectivity index (χ4n) is 1.31. The Balaban J connectivity index is 2.30. The quantitative estimate of drug-likeness (QED) is 0.765. The number of halogens is 2. The molecule has 0 N–H and O–H groups in total. The SMILES string of the molecule is N#Cc1cc(Br)ccc1Sc1ccc(Cl)cc1. The number of rotatable bonds is 2. The molecule has 2 rings (SSSR count). The molecule has 0 spiro atoms. The third-order valence-corrected chi connectivity index (χ3v) is 3.93. The van der Waals surface area contributed by atoms with E-state index in [2.05, 4.69) is 22.0 Å². The van der Waals surface area contributed by atoms with Crippen LogP contribution < -0.4 is 0 Å². The van der Waals surface area contributed by atoms with Gasteiger partial charge in [0.05, 0.1) is 5.56 Å². The molecule has 0 radical (unpaired) electrons. The normalized spacial score (nSPS) is 9.94. The van der Waals surface area contributed by atoms with E-state index < -0.39 is 0 Å². The van der Waals surface area contributed by atoms with Crippen LogP contribution in [0.15, 0.2) is 56.7 Å². The minimum atomic E-state index is 0.666. The summed E-state index contributed by atoms with van der Waals surface area (Å²) in [6.45, 7) is 0. The van der Waals surface area contributed by atoms with Gasteiger partial charge in [0.15, 0.2) is 0 Å². The summed E-state index contributed by atoms with van der Waals surface area (Å²) in [6.07, 6.45) is 0. The van der Waals surface area contributed by atoms with Crippen LogP contribution in [0.25, 0.3) is 0 Å². The second-order valence-corrected chi connectivity index (χ2v) is 5.78. The molecular formula is C13H7BrClNS. The maximum Gasteiger partial charge on any atom is 0.100 e. The molecule has 0 atom stereocenters. The van der Waals surface area contributed by atoms with Crippen LogP contribution in [0.1, 0.15) is 5.56 Å². The van der Waals surface area contributed by atoms with Crippen molar-refractivity contribution in [2.75, 3.05) is 0 Å². The summed E-state index contributed by atoms with van der Waals surface area (Å²) in [5.74, 6) is 0. The molecule has 1 nitrogen and oxygen atoms in total. The summed E-state index contributed by atoms with van der Waals surface area (Å²) >= 11 is 10.7. The molecule has 0 aliphatic heterocycles. The number of hydrogen-bond acceptors (Lipinski definition) is 2. The van der Waals surface area contributed by atoms with E-state index in [0.717, 1.165) is 14.3 Å². The van der Waals surface area contributed by atoms with Crippen molar-refractivity contribution in [1.29, 1.82) is 5.26 Å². The zero-order valence-electron chi connectivity index (χ0n) is 8.65. The molecule has 0 saturated heterocycles. The fraction of sp³-hybridized carbons (Fsp3) is 0. The minimum absolute atomic E-state index is 0.666. The zero-order chi connectivity index (χ0) is 12.3. The van der Waals surface area contributed by atoms with Crippen LogP contribution in [0, 0.1) is 11.3 Å². The molecular weight excluding hydrogens is 318 g/mol. The highest BCUT2D eigenvalue weighted by Gasteiger charge is 2.04. The second kappa shape index (κ2) is 5.59. The Labute approximate surface area is 118 Å². The van der Waals surface area contributed by atoms with Crippen LogP contribution in [0.2, 0.25) is 5.02 Å². The topological polar surface area (TPSA) is 23.8 Å². The van der Waals surface area contributed by atoms with Gasteiger partial charge in [-0.25, -0.2) is 0 Å². The minimum Gasteiger partial charge on any atom is -0.192 e. The lowest BCUT2D eigenvalue weighted by molar-refractivity contribution is 1.34. The summed E-state index contributed by atoms with van der Waals surface area (Å²) in [5.41, 5.74) is 0.666. The van der Waals surface area contributed by atoms with E-state index in [9.17, 15) is 0 Å². The van der Waals surface area contributed by atoms with E-state index in [0.29, 0.717) is 10.6 Å². The average Bonchev–Trinajstić information content (AvgIpc) is 2.34. The molecule has 0 unspecified atom stereocenters. The molecule has 2 aromatic rings. The summed E-state index contributed by atoms with van der Waals surface area (Å²) in [4.78, 5) is 2.01. The molecule has 17 heavy (non-hydrogen) atoms. The summed E-state index contributed by atoms with van der Waals surface area (Å²) < 4.78 is 0.912. The van der Waals surface area contributed by atoms with Gasteiger partial charge < -0.3 is 0 Å². The molecule has 84 valence electrons. The van der Waals surface area contributed by atoms with Crippen LogP contribution in [0.3, 0.4) is 0 Å². The van der Waals surface area contributed by atoms with Gasteiger partial charge in [0.2, 0.25) is 0 Å². The van der Waals surface area contributed by atoms with Crippen molar-refractivity contribution in [2.24, 2.45) is 0 Å². The smallest absolute Gasteiger partial charge is 0.100 e. The van der Waals surface area contributed by atoms with Crippen molar-refractivity contribution in [3.8, 4) is 6.07 Å². The van der Waals surface area contributed by atoms with Crippen LogP contribution in [-0.4, -0.2) is 0 Å². The van der Waals surface area contributed by atoms with E-state index in [1.54, 1.807) is 11.8 Å². The predicted molar refractivity (Wildman–Crippen MR) is 74.4 cm³/mol. The van der Waals surface area contributed by atoms with E-state index in [1.165, 1.54) is 0 Å². The lowest BCUT2D eigenvalue weighted by atomic mass is 10.2. The molecule has 0 heterocycles. The number of nitrogens with zero attached hydrogens (tertiary/aromatic N) is 1. The van der Waals surface area contributed by atoms with Crippen molar-refractivity contribution < 1.29 is 0 Å². The van der Waals surface area contributed by atoms with Gasteiger partial charge in [0.1, 0.15) is 6.07 Å². The predicted octanol–water partition coefficient (Wildman–Crippen LogP) is 5.13. The highest BCUT2D eigenvalue weighted by Crippen LogP contribution is 2.32. The average molecular weight is 325 g/mol. The Morgan fingerprint density at radius 1 is 1.12 bits per heavy atom. The van der Waals surface area contributed by atoms with E-state index in [1.807, 2.05) is 42.5 Å². The summed E-state index contributed by atoms with van der Waals surface area (Å²) in [5, 5.41) is 9.77. The zero-order valence-corrected chi connectivity index (χ0v) is 11.8. The Morgan fingerprint density at radius 2 is 1.82 bits per heavy atom. The van der Waals surface area contributed by atoms with E-state index >= 15 is 0 Å². The van der Waals surface area contributed by atoms with E-state index in [-0.39, 0.29) is 0 Å². The lowest BCUT2D eigenvalue weighted by Crippen LogP contribution is -1.81. The monoisotopic (exact) mass is 323 g/mol. The lowest BCUT2D eigenvalue weighted by Gasteiger charge is -2.04. The first-order valence-electron chi connectivity index (χ1n) is 4.82. The van der Waals surface area contributed by atoms with Gasteiger partial charge in [-0.15, -0.1) is 0 Å². The third kappa shape index (κ3) is 3.26. The maximum absolute atomic E-state index is 9.06. The van der Waals surface area contributed by atoms with Crippen LogP contribution >= 0.6 is 39.3 Å². The van der Waals surface area contributed by atoms with Crippen LogP contribution in [0.5, 0.6) is 0 Å². The Kier molecular flexibility index (Phi) is 4.11. The van der Waals surface area contributed by atoms with Crippen molar-refractivity contribution in [2.45, 2.75) is 9.79 Å². The Morgan fingerprint density at radius 3 is 2.47 bits per heavy atom. The van der Waals surface area contributed by atoms with Crippen molar-refractivity contribution in [1.82, 2.24) is 0 Å². The molecule has 0 saturated carbocycles. The van der Waals surface area contributed by atoms with Gasteiger partial charge in [0, 0.05) is 19.3 Å². The second-order valence-electron chi connectivity index (χ2n) is 3.31. The van der Waals surface area contributed by atoms with Crippen molar-refractivity contribution >= 4 is 39.3 Å². The first kappa shape index (κ1) is 12.5. The highest BCUT2D eigenvalue weighted by molar-refractivity contribution is 9.10. The molecule has 0 fully saturated rings. The first-order valence-corrected chi connectivity index (χ1v) is 6.81. The molecule has 0 aliphatic rings. The largest absolute Gasteiger partial charge is 0.192 e. The van der Waals surface area contributed by atoms with E-state index in [4.69, 9.17) is 16.9 Å². The van der Waals surface area contributed by atoms with Gasteiger partial charge in [0.25, 0.3) is 0 Å². The highest BCUT2D eigenvalue weighted by atomic mass is 79.9. The fourth-order valence-corrected chi connectivity index (χ4v) is 2.67. The molecule has 0 aliphatic carbocycles. The number of nitriles is 1. The van der Waals surface area contributed by atoms with Gasteiger partial charge >= 0.3 is 0 Å². The molecule has 0 amide bonds. The Bertz CT molecular complexity index is 575. The van der Waals surface area contributed by atoms with Gasteiger partial charge in [-0.3, -0.25) is 0 Å². The maximum atomic E-state index is 9.06. The van der Waals surface area contributed by atoms with Gasteiger partial charge in [-0.05, 0) is 42.5 Å². The molecule has 4 heteroatoms. The Hall–Kier alpha value is -0.950. The third-order valence-electron chi connectivity index (χ3n) is 2.10. The molecule has 0 aromatic heterocycles.